The Morgan fingerprint density at radius 2 is 1.93 bits per heavy atom. The Hall–Kier alpha value is -1.95. The maximum Gasteiger partial charge on any atom is 0.259 e. The number of hydrogen-bond acceptors (Lipinski definition) is 4. The second kappa shape index (κ2) is 11.3. The fraction of sp³-hybridized carbons (Fsp3) is 0.571. The van der Waals surface area contributed by atoms with Crippen LogP contribution in [0.2, 0.25) is 0 Å². The number of piperidine rings is 1. The number of benzene rings is 1. The lowest BCUT2D eigenvalue weighted by Crippen LogP contribution is -2.42. The molecule has 8 heteroatoms. The van der Waals surface area contributed by atoms with E-state index in [1.54, 1.807) is 12.1 Å². The molecule has 1 heterocycles. The van der Waals surface area contributed by atoms with Gasteiger partial charge in [-0.05, 0) is 42.9 Å². The van der Waals surface area contributed by atoms with Crippen LogP contribution in [0.15, 0.2) is 24.3 Å². The fourth-order valence-electron chi connectivity index (χ4n) is 3.44. The largest absolute Gasteiger partial charge is 0.289 e. The van der Waals surface area contributed by atoms with Gasteiger partial charge in [-0.15, -0.1) is 5.92 Å². The summed E-state index contributed by atoms with van der Waals surface area (Å²) in [5.74, 6) is 3.07. The molecule has 1 aromatic carbocycles. The molecule has 1 saturated heterocycles. The number of carbonyl (C=O) groups excluding carboxylic acids is 1. The number of hydrogen-bond donors (Lipinski definition) is 2. The number of unbranched alkanes of at least 4 members (excludes halogenated alkanes) is 3. The quantitative estimate of drug-likeness (QED) is 0.291. The number of sulfonamides is 1. The van der Waals surface area contributed by atoms with Gasteiger partial charge in [-0.2, -0.15) is 0 Å². The summed E-state index contributed by atoms with van der Waals surface area (Å²) < 4.78 is 40.0. The van der Waals surface area contributed by atoms with Crippen LogP contribution in [0.3, 0.4) is 0 Å². The average molecular weight is 425 g/mol. The molecule has 0 bridgehead atoms. The normalized spacial score (nSPS) is 16.7. The molecule has 6 nitrogen and oxygen atoms in total. The minimum atomic E-state index is -3.70. The van der Waals surface area contributed by atoms with E-state index in [4.69, 9.17) is 5.21 Å². The van der Waals surface area contributed by atoms with E-state index in [2.05, 4.69) is 18.8 Å². The van der Waals surface area contributed by atoms with Gasteiger partial charge in [-0.1, -0.05) is 37.8 Å². The second-order valence-corrected chi connectivity index (χ2v) is 9.32. The Kier molecular flexibility index (Phi) is 9.08. The molecule has 1 fully saturated rings. The maximum absolute atomic E-state index is 13.1. The van der Waals surface area contributed by atoms with Crippen molar-refractivity contribution in [1.82, 2.24) is 9.79 Å². The highest BCUT2D eigenvalue weighted by Crippen LogP contribution is 2.29. The van der Waals surface area contributed by atoms with Gasteiger partial charge in [0, 0.05) is 19.5 Å². The molecular weight excluding hydrogens is 395 g/mol. The summed E-state index contributed by atoms with van der Waals surface area (Å²) in [5.41, 5.74) is 2.52. The van der Waals surface area contributed by atoms with Crippen LogP contribution in [0, 0.1) is 23.6 Å². The van der Waals surface area contributed by atoms with Crippen LogP contribution in [0.1, 0.15) is 56.9 Å². The zero-order valence-electron chi connectivity index (χ0n) is 16.7. The summed E-state index contributed by atoms with van der Waals surface area (Å²) in [4.78, 5) is 11.9. The number of amides is 1. The fourth-order valence-corrected chi connectivity index (χ4v) is 5.07. The zero-order valence-corrected chi connectivity index (χ0v) is 17.5. The molecule has 0 aliphatic carbocycles. The Balaban J connectivity index is 1.97. The van der Waals surface area contributed by atoms with Gasteiger partial charge in [0.15, 0.2) is 0 Å². The number of nitrogens with one attached hydrogen (secondary N) is 1. The molecule has 1 amide bonds. The van der Waals surface area contributed by atoms with Crippen LogP contribution >= 0.6 is 0 Å². The molecule has 160 valence electrons. The monoisotopic (exact) mass is 424 g/mol. The van der Waals surface area contributed by atoms with E-state index in [9.17, 15) is 17.6 Å². The summed E-state index contributed by atoms with van der Waals surface area (Å²) in [7, 11) is -3.70. The van der Waals surface area contributed by atoms with Crippen LogP contribution < -0.4 is 5.48 Å². The van der Waals surface area contributed by atoms with Gasteiger partial charge in [-0.3, -0.25) is 10.0 Å². The third-order valence-corrected chi connectivity index (χ3v) is 7.08. The summed E-state index contributed by atoms with van der Waals surface area (Å²) >= 11 is 0. The molecule has 1 aliphatic heterocycles. The second-order valence-electron chi connectivity index (χ2n) is 7.31. The van der Waals surface area contributed by atoms with Crippen molar-refractivity contribution in [2.45, 2.75) is 51.4 Å². The molecular formula is C21H29FN2O4S. The molecule has 0 aromatic heterocycles. The van der Waals surface area contributed by atoms with E-state index in [0.717, 1.165) is 24.8 Å². The van der Waals surface area contributed by atoms with Gasteiger partial charge in [0.2, 0.25) is 10.0 Å². The number of nitrogens with zero attached hydrogens (tertiary/aromatic N) is 1. The van der Waals surface area contributed by atoms with E-state index in [1.165, 1.54) is 21.9 Å². The molecule has 1 unspecified atom stereocenters. The number of rotatable bonds is 8. The van der Waals surface area contributed by atoms with Crippen molar-refractivity contribution in [3.63, 3.8) is 0 Å². The Morgan fingerprint density at radius 3 is 2.52 bits per heavy atom. The first-order valence-electron chi connectivity index (χ1n) is 10.0. The van der Waals surface area contributed by atoms with E-state index in [0.29, 0.717) is 32.4 Å². The molecule has 0 spiro atoms. The molecule has 2 rings (SSSR count). The molecule has 1 aliphatic rings. The standard InChI is InChI=1S/C21H29FN2O4S/c1-2-3-4-5-6-7-19(21(25)23-26)16-29(27,28)24-14-12-18(13-15-24)17-8-10-20(22)11-9-17/h8-11,18-19,26H,2-5,12-16H2,1H3,(H,23,25). The topological polar surface area (TPSA) is 86.7 Å². The molecule has 2 N–H and O–H groups in total. The summed E-state index contributed by atoms with van der Waals surface area (Å²) in [6.07, 6.45) is 4.80. The van der Waals surface area contributed by atoms with Gasteiger partial charge in [0.1, 0.15) is 11.7 Å². The SMILES string of the molecule is CCCCCC#CC(CS(=O)(=O)N1CCC(c2ccc(F)cc2)CC1)C(=O)NO. The van der Waals surface area contributed by atoms with Gasteiger partial charge >= 0.3 is 0 Å². The minimum absolute atomic E-state index is 0.178. The highest BCUT2D eigenvalue weighted by Gasteiger charge is 2.32. The van der Waals surface area contributed by atoms with E-state index >= 15 is 0 Å². The third kappa shape index (κ3) is 7.11. The van der Waals surface area contributed by atoms with E-state index < -0.39 is 27.6 Å². The lowest BCUT2D eigenvalue weighted by atomic mass is 9.90. The molecule has 1 aromatic rings. The van der Waals surface area contributed by atoms with Crippen LogP contribution in [0.25, 0.3) is 0 Å². The first kappa shape index (κ1) is 23.3. The third-order valence-electron chi connectivity index (χ3n) is 5.17. The van der Waals surface area contributed by atoms with Gasteiger partial charge in [0.05, 0.1) is 5.75 Å². The Bertz CT molecular complexity index is 822. The van der Waals surface area contributed by atoms with E-state index in [-0.39, 0.29) is 11.7 Å². The average Bonchev–Trinajstić information content (AvgIpc) is 2.72. The Morgan fingerprint density at radius 1 is 1.28 bits per heavy atom. The van der Waals surface area contributed by atoms with Crippen molar-refractivity contribution in [1.29, 1.82) is 0 Å². The van der Waals surface area contributed by atoms with E-state index in [1.807, 2.05) is 0 Å². The summed E-state index contributed by atoms with van der Waals surface area (Å²) in [6, 6.07) is 6.30. The van der Waals surface area contributed by atoms with Crippen molar-refractivity contribution in [2.24, 2.45) is 5.92 Å². The summed E-state index contributed by atoms with van der Waals surface area (Å²) in [5, 5.41) is 8.93. The first-order chi connectivity index (χ1) is 13.9. The van der Waals surface area contributed by atoms with Crippen molar-refractivity contribution in [3.8, 4) is 11.8 Å². The molecule has 0 saturated carbocycles. The van der Waals surface area contributed by atoms with Crippen LogP contribution in [0.5, 0.6) is 0 Å². The summed E-state index contributed by atoms with van der Waals surface area (Å²) in [6.45, 7) is 2.74. The molecule has 29 heavy (non-hydrogen) atoms. The number of hydroxylamine groups is 1. The highest BCUT2D eigenvalue weighted by atomic mass is 32.2. The van der Waals surface area contributed by atoms with Crippen LogP contribution in [-0.4, -0.2) is 42.7 Å². The lowest BCUT2D eigenvalue weighted by molar-refractivity contribution is -0.131. The number of carbonyl (C=O) groups is 1. The van der Waals surface area contributed by atoms with Crippen molar-refractivity contribution < 1.29 is 22.8 Å². The predicted molar refractivity (Wildman–Crippen MR) is 109 cm³/mol. The van der Waals surface area contributed by atoms with Crippen molar-refractivity contribution >= 4 is 15.9 Å². The zero-order chi connectivity index (χ0) is 21.3. The predicted octanol–water partition coefficient (Wildman–Crippen LogP) is 3.04. The van der Waals surface area contributed by atoms with Crippen LogP contribution in [0.4, 0.5) is 4.39 Å². The number of halogens is 1. The first-order valence-corrected chi connectivity index (χ1v) is 11.6. The van der Waals surface area contributed by atoms with Gasteiger partial charge in [-0.25, -0.2) is 22.6 Å². The minimum Gasteiger partial charge on any atom is -0.289 e. The lowest BCUT2D eigenvalue weighted by Gasteiger charge is -2.31. The van der Waals surface area contributed by atoms with Crippen molar-refractivity contribution in [3.05, 3.63) is 35.6 Å². The molecule has 1 atom stereocenters. The highest BCUT2D eigenvalue weighted by molar-refractivity contribution is 7.89. The van der Waals surface area contributed by atoms with Crippen LogP contribution in [-0.2, 0) is 14.8 Å². The van der Waals surface area contributed by atoms with Gasteiger partial charge in [0.25, 0.3) is 5.91 Å². The van der Waals surface area contributed by atoms with Crippen molar-refractivity contribution in [2.75, 3.05) is 18.8 Å². The van der Waals surface area contributed by atoms with Gasteiger partial charge < -0.3 is 0 Å². The maximum atomic E-state index is 13.1. The smallest absolute Gasteiger partial charge is 0.259 e. The Labute approximate surface area is 172 Å². The molecule has 0 radical (unpaired) electrons.